The molecule has 1 aromatic rings. The van der Waals surface area contributed by atoms with Gasteiger partial charge in [-0.2, -0.15) is 0 Å². The fourth-order valence-corrected chi connectivity index (χ4v) is 2.66. The second-order valence-electron chi connectivity index (χ2n) is 5.55. The van der Waals surface area contributed by atoms with Gasteiger partial charge in [0, 0.05) is 12.6 Å². The van der Waals surface area contributed by atoms with Crippen LogP contribution in [0.15, 0.2) is 18.2 Å². The zero-order chi connectivity index (χ0) is 14.2. The van der Waals surface area contributed by atoms with E-state index in [1.54, 1.807) is 7.11 Å². The average Bonchev–Trinajstić information content (AvgIpc) is 2.99. The van der Waals surface area contributed by atoms with E-state index in [9.17, 15) is 0 Å². The van der Waals surface area contributed by atoms with Crippen LogP contribution in [0, 0.1) is 0 Å². The number of halogens is 1. The summed E-state index contributed by atoms with van der Waals surface area (Å²) in [5, 5.41) is 3.62. The predicted octanol–water partition coefficient (Wildman–Crippen LogP) is 4.33. The Morgan fingerprint density at radius 3 is 2.62 bits per heavy atom. The summed E-state index contributed by atoms with van der Waals surface area (Å²) in [6.45, 7) is 3.83. The lowest BCUT2D eigenvalue weighted by Crippen LogP contribution is -2.25. The normalized spacial score (nSPS) is 14.8. The van der Waals surface area contributed by atoms with Crippen LogP contribution in [0.2, 0.25) is 0 Å². The lowest BCUT2D eigenvalue weighted by Gasteiger charge is -2.14. The highest BCUT2D eigenvalue weighted by molar-refractivity contribution is 5.85. The Labute approximate surface area is 134 Å². The van der Waals surface area contributed by atoms with Crippen LogP contribution in [0.1, 0.15) is 51.0 Å². The number of nitrogens with one attached hydrogen (secondary N) is 1. The summed E-state index contributed by atoms with van der Waals surface area (Å²) in [4.78, 5) is 0. The molecule has 1 aromatic carbocycles. The van der Waals surface area contributed by atoms with Crippen LogP contribution < -0.4 is 14.8 Å². The molecule has 3 nitrogen and oxygen atoms in total. The minimum atomic E-state index is 0. The topological polar surface area (TPSA) is 30.5 Å². The van der Waals surface area contributed by atoms with Gasteiger partial charge in [0.05, 0.1) is 13.7 Å². The van der Waals surface area contributed by atoms with E-state index in [4.69, 9.17) is 9.47 Å². The highest BCUT2D eigenvalue weighted by Gasteiger charge is 2.14. The van der Waals surface area contributed by atoms with Crippen molar-refractivity contribution in [1.82, 2.24) is 5.32 Å². The van der Waals surface area contributed by atoms with Crippen LogP contribution in [0.4, 0.5) is 0 Å². The van der Waals surface area contributed by atoms with Crippen molar-refractivity contribution in [3.05, 3.63) is 23.8 Å². The van der Waals surface area contributed by atoms with E-state index in [1.807, 2.05) is 6.07 Å². The quantitative estimate of drug-likeness (QED) is 0.725. The van der Waals surface area contributed by atoms with Crippen LogP contribution in [0.5, 0.6) is 11.5 Å². The van der Waals surface area contributed by atoms with Gasteiger partial charge in [-0.25, -0.2) is 0 Å². The molecule has 0 bridgehead atoms. The molecule has 0 atom stereocenters. The van der Waals surface area contributed by atoms with Crippen LogP contribution in [0.25, 0.3) is 0 Å². The lowest BCUT2D eigenvalue weighted by molar-refractivity contribution is 0.288. The summed E-state index contributed by atoms with van der Waals surface area (Å²) in [6.07, 6.45) is 7.58. The van der Waals surface area contributed by atoms with Crippen molar-refractivity contribution in [2.24, 2.45) is 0 Å². The zero-order valence-electron chi connectivity index (χ0n) is 13.2. The molecule has 0 amide bonds. The first-order valence-electron chi connectivity index (χ1n) is 7.86. The molecule has 0 heterocycles. The molecule has 0 aromatic heterocycles. The summed E-state index contributed by atoms with van der Waals surface area (Å²) in [5.41, 5.74) is 1.26. The molecule has 0 unspecified atom stereocenters. The molecule has 21 heavy (non-hydrogen) atoms. The van der Waals surface area contributed by atoms with Crippen molar-refractivity contribution in [3.63, 3.8) is 0 Å². The summed E-state index contributed by atoms with van der Waals surface area (Å²) in [6, 6.07) is 6.94. The fourth-order valence-electron chi connectivity index (χ4n) is 2.66. The zero-order valence-corrected chi connectivity index (χ0v) is 14.0. The lowest BCUT2D eigenvalue weighted by atomic mass is 10.1. The molecular weight excluding hydrogens is 286 g/mol. The van der Waals surface area contributed by atoms with Crippen LogP contribution in [-0.2, 0) is 6.54 Å². The Bertz CT molecular complexity index is 406. The number of hydrogen-bond acceptors (Lipinski definition) is 3. The minimum absolute atomic E-state index is 0. The van der Waals surface area contributed by atoms with Gasteiger partial charge >= 0.3 is 0 Å². The standard InChI is InChI=1S/C17H27NO2.ClH/c1-3-4-11-20-16-10-9-14(12-17(16)19-2)13-18-15-7-5-6-8-15;/h9-10,12,15,18H,3-8,11,13H2,1-2H3;1H. The summed E-state index contributed by atoms with van der Waals surface area (Å²) < 4.78 is 11.2. The molecule has 0 spiro atoms. The molecule has 0 saturated heterocycles. The molecule has 1 fully saturated rings. The molecule has 1 aliphatic carbocycles. The van der Waals surface area contributed by atoms with Gasteiger partial charge in [0.15, 0.2) is 11.5 Å². The van der Waals surface area contributed by atoms with Gasteiger partial charge in [-0.15, -0.1) is 12.4 Å². The second kappa shape index (κ2) is 9.91. The van der Waals surface area contributed by atoms with E-state index in [-0.39, 0.29) is 12.4 Å². The van der Waals surface area contributed by atoms with E-state index < -0.39 is 0 Å². The van der Waals surface area contributed by atoms with Gasteiger partial charge in [-0.3, -0.25) is 0 Å². The molecule has 0 aliphatic heterocycles. The summed E-state index contributed by atoms with van der Waals surface area (Å²) >= 11 is 0. The summed E-state index contributed by atoms with van der Waals surface area (Å²) in [7, 11) is 1.70. The number of rotatable bonds is 8. The smallest absolute Gasteiger partial charge is 0.161 e. The molecule has 120 valence electrons. The van der Waals surface area contributed by atoms with Gasteiger partial charge in [-0.1, -0.05) is 32.3 Å². The predicted molar refractivity (Wildman–Crippen MR) is 89.7 cm³/mol. The van der Waals surface area contributed by atoms with E-state index in [0.29, 0.717) is 6.04 Å². The Hall–Kier alpha value is -0.930. The average molecular weight is 314 g/mol. The molecule has 1 saturated carbocycles. The maximum Gasteiger partial charge on any atom is 0.161 e. The maximum atomic E-state index is 5.76. The Morgan fingerprint density at radius 2 is 1.95 bits per heavy atom. The molecule has 0 radical (unpaired) electrons. The number of unbranched alkanes of at least 4 members (excludes halogenated alkanes) is 1. The number of hydrogen-bond donors (Lipinski definition) is 1. The Morgan fingerprint density at radius 1 is 1.19 bits per heavy atom. The molecular formula is C17H28ClNO2. The van der Waals surface area contributed by atoms with Crippen molar-refractivity contribution in [3.8, 4) is 11.5 Å². The highest BCUT2D eigenvalue weighted by atomic mass is 35.5. The monoisotopic (exact) mass is 313 g/mol. The summed E-state index contributed by atoms with van der Waals surface area (Å²) in [5.74, 6) is 1.69. The number of ether oxygens (including phenoxy) is 2. The van der Waals surface area contributed by atoms with Crippen LogP contribution in [-0.4, -0.2) is 19.8 Å². The molecule has 1 N–H and O–H groups in total. The Kier molecular flexibility index (Phi) is 8.55. The van der Waals surface area contributed by atoms with Crippen molar-refractivity contribution in [1.29, 1.82) is 0 Å². The first kappa shape index (κ1) is 18.1. The SMILES string of the molecule is CCCCOc1ccc(CNC2CCCC2)cc1OC.Cl. The third kappa shape index (κ3) is 5.76. The first-order valence-corrected chi connectivity index (χ1v) is 7.86. The van der Waals surface area contributed by atoms with Gasteiger partial charge < -0.3 is 14.8 Å². The van der Waals surface area contributed by atoms with Crippen molar-refractivity contribution < 1.29 is 9.47 Å². The second-order valence-corrected chi connectivity index (χ2v) is 5.55. The van der Waals surface area contributed by atoms with Crippen molar-refractivity contribution >= 4 is 12.4 Å². The van der Waals surface area contributed by atoms with E-state index in [2.05, 4.69) is 24.4 Å². The maximum absolute atomic E-state index is 5.76. The molecule has 2 rings (SSSR count). The highest BCUT2D eigenvalue weighted by Crippen LogP contribution is 2.28. The van der Waals surface area contributed by atoms with Crippen LogP contribution >= 0.6 is 12.4 Å². The molecule has 1 aliphatic rings. The third-order valence-corrected chi connectivity index (χ3v) is 3.93. The Balaban J connectivity index is 0.00000220. The van der Waals surface area contributed by atoms with Gasteiger partial charge in [0.25, 0.3) is 0 Å². The van der Waals surface area contributed by atoms with Crippen molar-refractivity contribution in [2.75, 3.05) is 13.7 Å². The van der Waals surface area contributed by atoms with Gasteiger partial charge in [-0.05, 0) is 37.0 Å². The van der Waals surface area contributed by atoms with Gasteiger partial charge in [0.1, 0.15) is 0 Å². The first-order chi connectivity index (χ1) is 9.83. The van der Waals surface area contributed by atoms with E-state index in [1.165, 1.54) is 31.2 Å². The van der Waals surface area contributed by atoms with Gasteiger partial charge in [0.2, 0.25) is 0 Å². The third-order valence-electron chi connectivity index (χ3n) is 3.93. The fraction of sp³-hybridized carbons (Fsp3) is 0.647. The van der Waals surface area contributed by atoms with E-state index in [0.717, 1.165) is 37.5 Å². The number of methoxy groups -OCH3 is 1. The largest absolute Gasteiger partial charge is 0.493 e. The van der Waals surface area contributed by atoms with Crippen molar-refractivity contribution in [2.45, 2.75) is 58.0 Å². The minimum Gasteiger partial charge on any atom is -0.493 e. The molecule has 4 heteroatoms. The van der Waals surface area contributed by atoms with Crippen LogP contribution in [0.3, 0.4) is 0 Å². The van der Waals surface area contributed by atoms with E-state index >= 15 is 0 Å². The number of benzene rings is 1.